The van der Waals surface area contributed by atoms with Crippen molar-refractivity contribution < 1.29 is 0 Å². The molecule has 0 radical (unpaired) electrons. The first-order valence-corrected chi connectivity index (χ1v) is 7.05. The van der Waals surface area contributed by atoms with Gasteiger partial charge < -0.3 is 0 Å². The SMILES string of the molecule is CC(C)CCCn1cc(CCCCCNN)nn1. The smallest absolute Gasteiger partial charge is 0.0827 e. The molecule has 0 aliphatic heterocycles. The Kier molecular flexibility index (Phi) is 7.60. The van der Waals surface area contributed by atoms with Gasteiger partial charge in [-0.2, -0.15) is 0 Å². The molecule has 3 N–H and O–H groups in total. The summed E-state index contributed by atoms with van der Waals surface area (Å²) < 4.78 is 1.97. The minimum Gasteiger partial charge on any atom is -0.271 e. The van der Waals surface area contributed by atoms with E-state index in [2.05, 4.69) is 35.8 Å². The molecule has 0 saturated carbocycles. The number of aryl methyl sites for hydroxylation is 2. The van der Waals surface area contributed by atoms with Gasteiger partial charge in [0.1, 0.15) is 0 Å². The van der Waals surface area contributed by atoms with Gasteiger partial charge in [-0.05, 0) is 38.0 Å². The molecule has 0 saturated heterocycles. The minimum atomic E-state index is 0.768. The van der Waals surface area contributed by atoms with Gasteiger partial charge >= 0.3 is 0 Å². The van der Waals surface area contributed by atoms with Crippen molar-refractivity contribution in [3.05, 3.63) is 11.9 Å². The topological polar surface area (TPSA) is 68.8 Å². The molecule has 1 aromatic rings. The van der Waals surface area contributed by atoms with Crippen LogP contribution in [0.15, 0.2) is 6.20 Å². The van der Waals surface area contributed by atoms with Crippen molar-refractivity contribution >= 4 is 0 Å². The van der Waals surface area contributed by atoms with Gasteiger partial charge in [-0.3, -0.25) is 16.0 Å². The van der Waals surface area contributed by atoms with E-state index in [1.807, 2.05) is 4.68 Å². The molecule has 0 fully saturated rings. The second kappa shape index (κ2) is 9.05. The Morgan fingerprint density at radius 2 is 2.11 bits per heavy atom. The summed E-state index contributed by atoms with van der Waals surface area (Å²) in [5.74, 6) is 5.98. The summed E-state index contributed by atoms with van der Waals surface area (Å²) >= 11 is 0. The van der Waals surface area contributed by atoms with Crippen LogP contribution in [0.2, 0.25) is 0 Å². The fraction of sp³-hybridized carbons (Fsp3) is 0.846. The summed E-state index contributed by atoms with van der Waals surface area (Å²) in [4.78, 5) is 0. The highest BCUT2D eigenvalue weighted by Crippen LogP contribution is 2.06. The average molecular weight is 253 g/mol. The summed E-state index contributed by atoms with van der Waals surface area (Å²) in [6, 6.07) is 0. The Bertz CT molecular complexity index is 308. The van der Waals surface area contributed by atoms with E-state index in [9.17, 15) is 0 Å². The molecule has 0 unspecified atom stereocenters. The number of hydrogen-bond acceptors (Lipinski definition) is 4. The number of nitrogens with zero attached hydrogens (tertiary/aromatic N) is 3. The van der Waals surface area contributed by atoms with E-state index >= 15 is 0 Å². The molecule has 5 nitrogen and oxygen atoms in total. The molecular formula is C13H27N5. The van der Waals surface area contributed by atoms with Crippen molar-refractivity contribution in [3.63, 3.8) is 0 Å². The highest BCUT2D eigenvalue weighted by atomic mass is 15.4. The molecule has 0 aliphatic carbocycles. The van der Waals surface area contributed by atoms with Crippen LogP contribution in [0, 0.1) is 5.92 Å². The van der Waals surface area contributed by atoms with Crippen molar-refractivity contribution in [1.82, 2.24) is 20.4 Å². The van der Waals surface area contributed by atoms with Gasteiger partial charge in [0.25, 0.3) is 0 Å². The Labute approximate surface area is 110 Å². The molecule has 5 heteroatoms. The predicted octanol–water partition coefficient (Wildman–Crippen LogP) is 1.89. The summed E-state index contributed by atoms with van der Waals surface area (Å²) in [7, 11) is 0. The van der Waals surface area contributed by atoms with Gasteiger partial charge in [0.2, 0.25) is 0 Å². The van der Waals surface area contributed by atoms with E-state index in [0.717, 1.165) is 44.0 Å². The van der Waals surface area contributed by atoms with Crippen LogP contribution in [-0.2, 0) is 13.0 Å². The summed E-state index contributed by atoms with van der Waals surface area (Å²) in [6.07, 6.45) is 9.01. The Morgan fingerprint density at radius 3 is 2.83 bits per heavy atom. The summed E-state index contributed by atoms with van der Waals surface area (Å²) in [5, 5.41) is 8.37. The van der Waals surface area contributed by atoms with E-state index in [1.165, 1.54) is 19.3 Å². The van der Waals surface area contributed by atoms with E-state index in [-0.39, 0.29) is 0 Å². The third-order valence-corrected chi connectivity index (χ3v) is 3.01. The maximum atomic E-state index is 5.22. The molecule has 0 bridgehead atoms. The molecular weight excluding hydrogens is 226 g/mol. The van der Waals surface area contributed by atoms with Crippen LogP contribution in [0.3, 0.4) is 0 Å². The second-order valence-electron chi connectivity index (χ2n) is 5.27. The monoisotopic (exact) mass is 253 g/mol. The van der Waals surface area contributed by atoms with Gasteiger partial charge in [0.15, 0.2) is 0 Å². The normalized spacial score (nSPS) is 11.3. The number of hydrogen-bond donors (Lipinski definition) is 2. The average Bonchev–Trinajstić information content (AvgIpc) is 2.76. The molecule has 0 atom stereocenters. The van der Waals surface area contributed by atoms with E-state index in [1.54, 1.807) is 0 Å². The number of hydrazine groups is 1. The standard InChI is InChI=1S/C13H27N5/c1-12(2)7-6-10-18-11-13(16-17-18)8-4-3-5-9-15-14/h11-12,15H,3-10,14H2,1-2H3. The fourth-order valence-electron chi connectivity index (χ4n) is 1.93. The number of unbranched alkanes of at least 4 members (excludes halogenated alkanes) is 2. The Morgan fingerprint density at radius 1 is 1.28 bits per heavy atom. The largest absolute Gasteiger partial charge is 0.271 e. The van der Waals surface area contributed by atoms with E-state index in [0.29, 0.717) is 0 Å². The van der Waals surface area contributed by atoms with Crippen LogP contribution >= 0.6 is 0 Å². The van der Waals surface area contributed by atoms with Gasteiger partial charge in [0.05, 0.1) is 5.69 Å². The van der Waals surface area contributed by atoms with E-state index < -0.39 is 0 Å². The number of aromatic nitrogens is 3. The fourth-order valence-corrected chi connectivity index (χ4v) is 1.93. The third-order valence-electron chi connectivity index (χ3n) is 3.01. The van der Waals surface area contributed by atoms with Crippen LogP contribution in [0.25, 0.3) is 0 Å². The Balaban J connectivity index is 2.13. The van der Waals surface area contributed by atoms with Crippen LogP contribution in [0.1, 0.15) is 51.6 Å². The molecule has 0 spiro atoms. The van der Waals surface area contributed by atoms with Crippen molar-refractivity contribution in [1.29, 1.82) is 0 Å². The number of nitrogens with one attached hydrogen (secondary N) is 1. The second-order valence-corrected chi connectivity index (χ2v) is 5.27. The van der Waals surface area contributed by atoms with Crippen LogP contribution in [-0.4, -0.2) is 21.5 Å². The van der Waals surface area contributed by atoms with Crippen molar-refractivity contribution in [2.75, 3.05) is 6.54 Å². The molecule has 0 amide bonds. The summed E-state index contributed by atoms with van der Waals surface area (Å²) in [5.41, 5.74) is 3.78. The van der Waals surface area contributed by atoms with Crippen molar-refractivity contribution in [2.24, 2.45) is 11.8 Å². The van der Waals surface area contributed by atoms with Crippen LogP contribution in [0.4, 0.5) is 0 Å². The van der Waals surface area contributed by atoms with Gasteiger partial charge in [-0.1, -0.05) is 25.5 Å². The zero-order valence-corrected chi connectivity index (χ0v) is 11.7. The lowest BCUT2D eigenvalue weighted by atomic mass is 10.1. The van der Waals surface area contributed by atoms with E-state index in [4.69, 9.17) is 5.84 Å². The zero-order chi connectivity index (χ0) is 13.2. The highest BCUT2D eigenvalue weighted by Gasteiger charge is 2.01. The quantitative estimate of drug-likeness (QED) is 0.379. The number of nitrogens with two attached hydrogens (primary N) is 1. The molecule has 1 aromatic heterocycles. The van der Waals surface area contributed by atoms with Crippen molar-refractivity contribution in [3.8, 4) is 0 Å². The lowest BCUT2D eigenvalue weighted by molar-refractivity contribution is 0.482. The van der Waals surface area contributed by atoms with Crippen LogP contribution < -0.4 is 11.3 Å². The lowest BCUT2D eigenvalue weighted by Crippen LogP contribution is -2.22. The van der Waals surface area contributed by atoms with Gasteiger partial charge in [0, 0.05) is 19.3 Å². The first-order chi connectivity index (χ1) is 8.72. The zero-order valence-electron chi connectivity index (χ0n) is 11.7. The Hall–Kier alpha value is -0.940. The molecule has 1 heterocycles. The van der Waals surface area contributed by atoms with Gasteiger partial charge in [-0.25, -0.2) is 0 Å². The first-order valence-electron chi connectivity index (χ1n) is 7.05. The van der Waals surface area contributed by atoms with Crippen LogP contribution in [0.5, 0.6) is 0 Å². The molecule has 0 aliphatic rings. The maximum absolute atomic E-state index is 5.22. The van der Waals surface area contributed by atoms with Crippen molar-refractivity contribution in [2.45, 2.75) is 58.9 Å². The predicted molar refractivity (Wildman–Crippen MR) is 73.8 cm³/mol. The third kappa shape index (κ3) is 6.71. The highest BCUT2D eigenvalue weighted by molar-refractivity contribution is 4.92. The lowest BCUT2D eigenvalue weighted by Gasteiger charge is -2.03. The number of rotatable bonds is 10. The molecule has 18 heavy (non-hydrogen) atoms. The minimum absolute atomic E-state index is 0.768. The molecule has 1 rings (SSSR count). The first kappa shape index (κ1) is 15.1. The maximum Gasteiger partial charge on any atom is 0.0827 e. The van der Waals surface area contributed by atoms with Gasteiger partial charge in [-0.15, -0.1) is 5.10 Å². The molecule has 0 aromatic carbocycles. The summed E-state index contributed by atoms with van der Waals surface area (Å²) in [6.45, 7) is 6.39. The molecule has 104 valence electrons.